The van der Waals surface area contributed by atoms with Crippen LogP contribution in [0.1, 0.15) is 13.8 Å². The van der Waals surface area contributed by atoms with E-state index in [0.29, 0.717) is 18.5 Å². The smallest absolute Gasteiger partial charge is 0.312 e. The summed E-state index contributed by atoms with van der Waals surface area (Å²) >= 11 is 0. The van der Waals surface area contributed by atoms with Gasteiger partial charge in [-0.25, -0.2) is 4.79 Å². The van der Waals surface area contributed by atoms with E-state index < -0.39 is 6.03 Å². The van der Waals surface area contributed by atoms with Crippen molar-refractivity contribution in [2.24, 2.45) is 11.7 Å². The fraction of sp³-hybridized carbons (Fsp3) is 0.875. The lowest BCUT2D eigenvalue weighted by Gasteiger charge is -2.27. The number of amides is 2. The fourth-order valence-corrected chi connectivity index (χ4v) is 1.22. The van der Waals surface area contributed by atoms with Crippen molar-refractivity contribution in [2.45, 2.75) is 19.9 Å². The molecule has 0 aliphatic carbocycles. The third kappa shape index (κ3) is 4.18. The van der Waals surface area contributed by atoms with E-state index in [9.17, 15) is 4.79 Å². The number of urea groups is 1. The molecule has 0 aromatic rings. The van der Waals surface area contributed by atoms with Crippen molar-refractivity contribution in [2.75, 3.05) is 20.6 Å². The van der Waals surface area contributed by atoms with Crippen LogP contribution in [0.2, 0.25) is 0 Å². The molecule has 0 heterocycles. The van der Waals surface area contributed by atoms with E-state index >= 15 is 0 Å². The van der Waals surface area contributed by atoms with E-state index in [1.54, 1.807) is 0 Å². The van der Waals surface area contributed by atoms with Crippen molar-refractivity contribution >= 4 is 6.03 Å². The molecule has 0 aromatic carbocycles. The number of nitrogens with zero attached hydrogens (tertiary/aromatic N) is 1. The molecule has 0 spiro atoms. The molecule has 0 fully saturated rings. The summed E-state index contributed by atoms with van der Waals surface area (Å²) in [5.41, 5.74) is 4.97. The van der Waals surface area contributed by atoms with E-state index in [0.717, 1.165) is 0 Å². The van der Waals surface area contributed by atoms with Gasteiger partial charge in [-0.05, 0) is 20.0 Å². The van der Waals surface area contributed by atoms with E-state index in [4.69, 9.17) is 5.73 Å². The van der Waals surface area contributed by atoms with Crippen LogP contribution in [0.15, 0.2) is 0 Å². The number of hydrogen-bond acceptors (Lipinski definition) is 2. The third-order valence-corrected chi connectivity index (χ3v) is 1.92. The Hall–Kier alpha value is -0.770. The predicted octanol–water partition coefficient (Wildman–Crippen LogP) is 0.241. The molecule has 0 saturated carbocycles. The second-order valence-corrected chi connectivity index (χ2v) is 3.52. The summed E-state index contributed by atoms with van der Waals surface area (Å²) in [5.74, 6) is 0.506. The molecule has 3 N–H and O–H groups in total. The maximum Gasteiger partial charge on any atom is 0.312 e. The zero-order chi connectivity index (χ0) is 9.72. The maximum atomic E-state index is 10.4. The average Bonchev–Trinajstić information content (AvgIpc) is 1.84. The highest BCUT2D eigenvalue weighted by Crippen LogP contribution is 2.05. The van der Waals surface area contributed by atoms with Gasteiger partial charge in [0, 0.05) is 12.6 Å². The summed E-state index contributed by atoms with van der Waals surface area (Å²) in [6, 6.07) is -0.111. The molecule has 72 valence electrons. The minimum Gasteiger partial charge on any atom is -0.352 e. The molecule has 0 rings (SSSR count). The van der Waals surface area contributed by atoms with Gasteiger partial charge in [0.15, 0.2) is 0 Å². The Morgan fingerprint density at radius 1 is 1.50 bits per heavy atom. The van der Waals surface area contributed by atoms with Crippen molar-refractivity contribution < 1.29 is 4.79 Å². The van der Waals surface area contributed by atoms with Gasteiger partial charge < -0.3 is 16.0 Å². The SMILES string of the molecule is CC(C)C(CNC(N)=O)N(C)C. The molecular weight excluding hydrogens is 154 g/mol. The minimum atomic E-state index is -0.456. The minimum absolute atomic E-state index is 0.345. The van der Waals surface area contributed by atoms with Gasteiger partial charge in [0.1, 0.15) is 0 Å². The molecule has 2 amide bonds. The first-order chi connectivity index (χ1) is 5.45. The number of hydrogen-bond donors (Lipinski definition) is 2. The van der Waals surface area contributed by atoms with E-state index in [2.05, 4.69) is 24.1 Å². The Balaban J connectivity index is 3.88. The van der Waals surface area contributed by atoms with E-state index in [1.165, 1.54) is 0 Å². The van der Waals surface area contributed by atoms with E-state index in [1.807, 2.05) is 14.1 Å². The largest absolute Gasteiger partial charge is 0.352 e. The van der Waals surface area contributed by atoms with Crippen molar-refractivity contribution in [3.05, 3.63) is 0 Å². The molecule has 0 radical (unpaired) electrons. The van der Waals surface area contributed by atoms with Gasteiger partial charge in [-0.1, -0.05) is 13.8 Å². The van der Waals surface area contributed by atoms with Crippen molar-refractivity contribution in [1.29, 1.82) is 0 Å². The zero-order valence-corrected chi connectivity index (χ0v) is 8.29. The second kappa shape index (κ2) is 4.98. The van der Waals surface area contributed by atoms with Gasteiger partial charge in [0.05, 0.1) is 0 Å². The van der Waals surface area contributed by atoms with Gasteiger partial charge in [-0.15, -0.1) is 0 Å². The molecule has 4 heteroatoms. The van der Waals surface area contributed by atoms with Crippen LogP contribution in [0.3, 0.4) is 0 Å². The first-order valence-corrected chi connectivity index (χ1v) is 4.15. The Kier molecular flexibility index (Phi) is 4.66. The molecule has 0 aliphatic heterocycles. The molecule has 0 aromatic heterocycles. The zero-order valence-electron chi connectivity index (χ0n) is 8.29. The number of nitrogens with two attached hydrogens (primary N) is 1. The molecule has 0 saturated heterocycles. The highest BCUT2D eigenvalue weighted by atomic mass is 16.2. The Morgan fingerprint density at radius 3 is 2.25 bits per heavy atom. The Morgan fingerprint density at radius 2 is 2.00 bits per heavy atom. The number of primary amides is 1. The maximum absolute atomic E-state index is 10.4. The van der Waals surface area contributed by atoms with Gasteiger partial charge in [-0.2, -0.15) is 0 Å². The molecule has 4 nitrogen and oxygen atoms in total. The summed E-state index contributed by atoms with van der Waals surface area (Å²) in [4.78, 5) is 12.5. The first-order valence-electron chi connectivity index (χ1n) is 4.15. The lowest BCUT2D eigenvalue weighted by Crippen LogP contribution is -2.44. The van der Waals surface area contributed by atoms with Gasteiger partial charge in [0.25, 0.3) is 0 Å². The molecular formula is C8H19N3O. The van der Waals surface area contributed by atoms with Crippen LogP contribution in [-0.4, -0.2) is 37.6 Å². The molecule has 12 heavy (non-hydrogen) atoms. The normalized spacial score (nSPS) is 13.5. The molecule has 1 unspecified atom stereocenters. The number of carbonyl (C=O) groups excluding carboxylic acids is 1. The topological polar surface area (TPSA) is 58.4 Å². The second-order valence-electron chi connectivity index (χ2n) is 3.52. The van der Waals surface area contributed by atoms with Crippen molar-refractivity contribution in [3.63, 3.8) is 0 Å². The first kappa shape index (κ1) is 11.2. The highest BCUT2D eigenvalue weighted by molar-refractivity contribution is 5.71. The summed E-state index contributed by atoms with van der Waals surface area (Å²) in [6.07, 6.45) is 0. The number of nitrogens with one attached hydrogen (secondary N) is 1. The fourth-order valence-electron chi connectivity index (χ4n) is 1.22. The van der Waals surface area contributed by atoms with Crippen LogP contribution in [0.5, 0.6) is 0 Å². The predicted molar refractivity (Wildman–Crippen MR) is 49.9 cm³/mol. The lowest BCUT2D eigenvalue weighted by molar-refractivity contribution is 0.216. The summed E-state index contributed by atoms with van der Waals surface area (Å²) in [6.45, 7) is 4.85. The molecule has 0 bridgehead atoms. The van der Waals surface area contributed by atoms with Crippen LogP contribution in [0.25, 0.3) is 0 Å². The van der Waals surface area contributed by atoms with Crippen molar-refractivity contribution in [1.82, 2.24) is 10.2 Å². The van der Waals surface area contributed by atoms with Crippen LogP contribution in [0.4, 0.5) is 4.79 Å². The van der Waals surface area contributed by atoms with Crippen LogP contribution >= 0.6 is 0 Å². The van der Waals surface area contributed by atoms with Crippen LogP contribution in [-0.2, 0) is 0 Å². The summed E-state index contributed by atoms with van der Waals surface area (Å²) in [7, 11) is 3.99. The summed E-state index contributed by atoms with van der Waals surface area (Å²) < 4.78 is 0. The molecule has 0 aliphatic rings. The highest BCUT2D eigenvalue weighted by Gasteiger charge is 2.15. The van der Waals surface area contributed by atoms with Crippen molar-refractivity contribution in [3.8, 4) is 0 Å². The van der Waals surface area contributed by atoms with E-state index in [-0.39, 0.29) is 0 Å². The van der Waals surface area contributed by atoms with Gasteiger partial charge in [-0.3, -0.25) is 0 Å². The monoisotopic (exact) mass is 173 g/mol. The third-order valence-electron chi connectivity index (χ3n) is 1.92. The standard InChI is InChI=1S/C8H19N3O/c1-6(2)7(11(3)4)5-10-8(9)12/h6-7H,5H2,1-4H3,(H3,9,10,12). The Labute approximate surface area is 74.1 Å². The quantitative estimate of drug-likeness (QED) is 0.640. The number of rotatable bonds is 4. The number of likely N-dealkylation sites (N-methyl/N-ethyl adjacent to an activating group) is 1. The molecule has 1 atom stereocenters. The Bertz CT molecular complexity index is 137. The van der Waals surface area contributed by atoms with Gasteiger partial charge in [0.2, 0.25) is 0 Å². The van der Waals surface area contributed by atoms with Gasteiger partial charge >= 0.3 is 6.03 Å². The summed E-state index contributed by atoms with van der Waals surface area (Å²) in [5, 5.41) is 2.61. The van der Waals surface area contributed by atoms with Crippen LogP contribution < -0.4 is 11.1 Å². The lowest BCUT2D eigenvalue weighted by atomic mass is 10.0. The average molecular weight is 173 g/mol. The van der Waals surface area contributed by atoms with Crippen LogP contribution in [0, 0.1) is 5.92 Å². The number of carbonyl (C=O) groups is 1.